The van der Waals surface area contributed by atoms with E-state index in [0.717, 1.165) is 16.8 Å². The summed E-state index contributed by atoms with van der Waals surface area (Å²) < 4.78 is 0. The average molecular weight is 270 g/mol. The fourth-order valence-corrected chi connectivity index (χ4v) is 2.35. The zero-order valence-electron chi connectivity index (χ0n) is 11.2. The molecule has 0 saturated carbocycles. The van der Waals surface area contributed by atoms with Gasteiger partial charge in [0.1, 0.15) is 0 Å². The molecule has 3 nitrogen and oxygen atoms in total. The lowest BCUT2D eigenvalue weighted by Crippen LogP contribution is -2.27. The van der Waals surface area contributed by atoms with Gasteiger partial charge in [0.15, 0.2) is 0 Å². The summed E-state index contributed by atoms with van der Waals surface area (Å²) in [5.41, 5.74) is 2.96. The van der Waals surface area contributed by atoms with E-state index in [1.807, 2.05) is 39.8 Å². The number of benzene rings is 1. The highest BCUT2D eigenvalue weighted by Gasteiger charge is 2.21. The van der Waals surface area contributed by atoms with Crippen molar-refractivity contribution in [2.45, 2.75) is 27.7 Å². The number of carboxylic acid groups (broad SMARTS) is 1. The summed E-state index contributed by atoms with van der Waals surface area (Å²) in [5.74, 6) is -1.11. The number of anilines is 1. The second-order valence-electron chi connectivity index (χ2n) is 5.01. The van der Waals surface area contributed by atoms with Crippen LogP contribution in [0.1, 0.15) is 25.0 Å². The number of halogens is 1. The molecule has 0 saturated heterocycles. The number of aryl methyl sites for hydroxylation is 2. The fraction of sp³-hybridized carbons (Fsp3) is 0.500. The number of carbonyl (C=O) groups is 1. The molecular weight excluding hydrogens is 250 g/mol. The molecule has 1 aromatic rings. The Morgan fingerprint density at radius 1 is 1.39 bits per heavy atom. The number of nitrogens with one attached hydrogen (secondary N) is 1. The Bertz CT molecular complexity index is 420. The molecule has 18 heavy (non-hydrogen) atoms. The summed E-state index contributed by atoms with van der Waals surface area (Å²) in [4.78, 5) is 11.1. The van der Waals surface area contributed by atoms with Crippen LogP contribution in [-0.4, -0.2) is 17.6 Å². The van der Waals surface area contributed by atoms with Crippen LogP contribution in [0.15, 0.2) is 12.1 Å². The number of hydrogen-bond donors (Lipinski definition) is 2. The van der Waals surface area contributed by atoms with E-state index >= 15 is 0 Å². The third kappa shape index (κ3) is 3.64. The minimum atomic E-state index is -0.779. The quantitative estimate of drug-likeness (QED) is 0.856. The fourth-order valence-electron chi connectivity index (χ4n) is 1.96. The maximum atomic E-state index is 11.1. The summed E-state index contributed by atoms with van der Waals surface area (Å²) in [5, 5.41) is 12.9. The predicted molar refractivity (Wildman–Crippen MR) is 75.4 cm³/mol. The third-order valence-corrected chi connectivity index (χ3v) is 3.35. The Labute approximate surface area is 113 Å². The molecule has 1 rings (SSSR count). The van der Waals surface area contributed by atoms with Crippen molar-refractivity contribution in [3.8, 4) is 0 Å². The highest BCUT2D eigenvalue weighted by Crippen LogP contribution is 2.28. The summed E-state index contributed by atoms with van der Waals surface area (Å²) in [6.07, 6.45) is 0. The molecule has 0 aliphatic heterocycles. The molecule has 4 heteroatoms. The first-order chi connectivity index (χ1) is 8.32. The normalized spacial score (nSPS) is 12.6. The van der Waals surface area contributed by atoms with Gasteiger partial charge in [-0.1, -0.05) is 31.5 Å². The lowest BCUT2D eigenvalue weighted by molar-refractivity contribution is -0.142. The number of carboxylic acids is 1. The molecule has 0 radical (unpaired) electrons. The van der Waals surface area contributed by atoms with Crippen molar-refractivity contribution in [3.05, 3.63) is 28.3 Å². The molecule has 0 amide bonds. The average Bonchev–Trinajstić information content (AvgIpc) is 2.20. The van der Waals surface area contributed by atoms with Crippen molar-refractivity contribution in [2.75, 3.05) is 11.9 Å². The van der Waals surface area contributed by atoms with Gasteiger partial charge in [-0.25, -0.2) is 0 Å². The van der Waals surface area contributed by atoms with E-state index in [9.17, 15) is 4.79 Å². The second kappa shape index (κ2) is 6.10. The van der Waals surface area contributed by atoms with Crippen LogP contribution < -0.4 is 5.32 Å². The molecule has 0 aromatic heterocycles. The summed E-state index contributed by atoms with van der Waals surface area (Å²) in [6.45, 7) is 8.15. The maximum Gasteiger partial charge on any atom is 0.308 e. The van der Waals surface area contributed by atoms with Gasteiger partial charge in [-0.2, -0.15) is 0 Å². The number of hydrogen-bond acceptors (Lipinski definition) is 2. The molecule has 2 N–H and O–H groups in total. The van der Waals surface area contributed by atoms with Gasteiger partial charge in [0.05, 0.1) is 16.6 Å². The van der Waals surface area contributed by atoms with Gasteiger partial charge in [0.25, 0.3) is 0 Å². The molecule has 100 valence electrons. The Kier molecular flexibility index (Phi) is 5.03. The molecule has 0 fully saturated rings. The maximum absolute atomic E-state index is 11.1. The van der Waals surface area contributed by atoms with Crippen molar-refractivity contribution < 1.29 is 9.90 Å². The van der Waals surface area contributed by atoms with Crippen molar-refractivity contribution in [2.24, 2.45) is 11.8 Å². The first-order valence-electron chi connectivity index (χ1n) is 6.06. The van der Waals surface area contributed by atoms with Crippen LogP contribution in [0.4, 0.5) is 5.69 Å². The number of aliphatic carboxylic acids is 1. The van der Waals surface area contributed by atoms with Crippen LogP contribution in [0.5, 0.6) is 0 Å². The highest BCUT2D eigenvalue weighted by molar-refractivity contribution is 6.33. The van der Waals surface area contributed by atoms with Crippen molar-refractivity contribution in [1.82, 2.24) is 0 Å². The minimum absolute atomic E-state index is 0.0829. The van der Waals surface area contributed by atoms with E-state index in [0.29, 0.717) is 11.6 Å². The van der Waals surface area contributed by atoms with Crippen LogP contribution in [-0.2, 0) is 4.79 Å². The van der Waals surface area contributed by atoms with Crippen molar-refractivity contribution in [1.29, 1.82) is 0 Å². The smallest absolute Gasteiger partial charge is 0.308 e. The first kappa shape index (κ1) is 14.8. The second-order valence-corrected chi connectivity index (χ2v) is 5.42. The van der Waals surface area contributed by atoms with Gasteiger partial charge in [0.2, 0.25) is 0 Å². The summed E-state index contributed by atoms with van der Waals surface area (Å²) in [7, 11) is 0. The predicted octanol–water partition coefficient (Wildman–Crippen LogP) is 3.73. The van der Waals surface area contributed by atoms with Gasteiger partial charge in [-0.15, -0.1) is 0 Å². The van der Waals surface area contributed by atoms with Crippen LogP contribution in [0, 0.1) is 25.7 Å². The lowest BCUT2D eigenvalue weighted by Gasteiger charge is -2.19. The Morgan fingerprint density at radius 3 is 2.44 bits per heavy atom. The van der Waals surface area contributed by atoms with Crippen molar-refractivity contribution in [3.63, 3.8) is 0 Å². The van der Waals surface area contributed by atoms with Crippen LogP contribution in [0.3, 0.4) is 0 Å². The van der Waals surface area contributed by atoms with Crippen molar-refractivity contribution >= 4 is 23.3 Å². The molecule has 0 aliphatic rings. The summed E-state index contributed by atoms with van der Waals surface area (Å²) in [6, 6.07) is 3.90. The molecule has 1 atom stereocenters. The van der Waals surface area contributed by atoms with Gasteiger partial charge in [-0.05, 0) is 37.0 Å². The van der Waals surface area contributed by atoms with E-state index in [2.05, 4.69) is 5.32 Å². The molecular formula is C14H20ClNO2. The van der Waals surface area contributed by atoms with E-state index < -0.39 is 11.9 Å². The monoisotopic (exact) mass is 269 g/mol. The largest absolute Gasteiger partial charge is 0.481 e. The molecule has 1 aromatic carbocycles. The van der Waals surface area contributed by atoms with E-state index in [1.54, 1.807) is 0 Å². The molecule has 0 bridgehead atoms. The third-order valence-electron chi connectivity index (χ3n) is 3.05. The van der Waals surface area contributed by atoms with Crippen LogP contribution in [0.2, 0.25) is 5.02 Å². The SMILES string of the molecule is Cc1cc(C)c(NCC(C(=O)O)C(C)C)c(Cl)c1. The summed E-state index contributed by atoms with van der Waals surface area (Å²) >= 11 is 6.17. The molecule has 1 unspecified atom stereocenters. The minimum Gasteiger partial charge on any atom is -0.481 e. The Morgan fingerprint density at radius 2 is 2.00 bits per heavy atom. The van der Waals surface area contributed by atoms with Gasteiger partial charge < -0.3 is 10.4 Å². The van der Waals surface area contributed by atoms with Gasteiger partial charge >= 0.3 is 5.97 Å². The van der Waals surface area contributed by atoms with E-state index in [4.69, 9.17) is 16.7 Å². The first-order valence-corrected chi connectivity index (χ1v) is 6.44. The molecule has 0 heterocycles. The number of rotatable bonds is 5. The molecule has 0 spiro atoms. The zero-order chi connectivity index (χ0) is 13.9. The molecule has 0 aliphatic carbocycles. The lowest BCUT2D eigenvalue weighted by atomic mass is 9.96. The Balaban J connectivity index is 2.83. The van der Waals surface area contributed by atoms with E-state index in [-0.39, 0.29) is 5.92 Å². The van der Waals surface area contributed by atoms with Crippen LogP contribution >= 0.6 is 11.6 Å². The van der Waals surface area contributed by atoms with Gasteiger partial charge in [0, 0.05) is 6.54 Å². The van der Waals surface area contributed by atoms with Crippen LogP contribution in [0.25, 0.3) is 0 Å². The Hall–Kier alpha value is -1.22. The standard InChI is InChI=1S/C14H20ClNO2/c1-8(2)11(14(17)18)7-16-13-10(4)5-9(3)6-12(13)15/h5-6,8,11,16H,7H2,1-4H3,(H,17,18). The zero-order valence-corrected chi connectivity index (χ0v) is 12.0. The highest BCUT2D eigenvalue weighted by atomic mass is 35.5. The van der Waals surface area contributed by atoms with E-state index in [1.165, 1.54) is 0 Å². The topological polar surface area (TPSA) is 49.3 Å². The van der Waals surface area contributed by atoms with Gasteiger partial charge in [-0.3, -0.25) is 4.79 Å².